The lowest BCUT2D eigenvalue weighted by molar-refractivity contribution is 0.583. The summed E-state index contributed by atoms with van der Waals surface area (Å²) in [7, 11) is -3.50. The Morgan fingerprint density at radius 1 is 1.33 bits per heavy atom. The summed E-state index contributed by atoms with van der Waals surface area (Å²) in [5, 5.41) is 0.573. The van der Waals surface area contributed by atoms with Gasteiger partial charge in [-0.2, -0.15) is 13.1 Å². The molecule has 0 amide bonds. The lowest BCUT2D eigenvalue weighted by Crippen LogP contribution is -2.24. The summed E-state index contributed by atoms with van der Waals surface area (Å²) >= 11 is 5.92. The predicted molar refractivity (Wildman–Crippen MR) is 69.8 cm³/mol. The predicted octanol–water partition coefficient (Wildman–Crippen LogP) is 1.38. The molecule has 0 unspecified atom stereocenters. The van der Waals surface area contributed by atoms with Crippen LogP contribution in [0.25, 0.3) is 0 Å². The van der Waals surface area contributed by atoms with Gasteiger partial charge in [-0.05, 0) is 30.5 Å². The largest absolute Gasteiger partial charge is 0.301 e. The fourth-order valence-electron chi connectivity index (χ4n) is 1.85. The quantitative estimate of drug-likeness (QED) is 0.862. The lowest BCUT2D eigenvalue weighted by Gasteiger charge is -2.09. The molecule has 1 saturated heterocycles. The molecule has 3 rings (SSSR count). The van der Waals surface area contributed by atoms with Crippen molar-refractivity contribution in [3.05, 3.63) is 34.9 Å². The topological polar surface area (TPSA) is 70.6 Å². The molecule has 1 heterocycles. The van der Waals surface area contributed by atoms with E-state index in [4.69, 9.17) is 11.6 Å². The Labute approximate surface area is 110 Å². The SMILES string of the molecule is O=S1(=O)NC(=NC2CC2)[C@@H](c2cccc(Cl)c2)N1. The van der Waals surface area contributed by atoms with Crippen LogP contribution in [-0.2, 0) is 10.2 Å². The van der Waals surface area contributed by atoms with Gasteiger partial charge in [0.2, 0.25) is 0 Å². The Morgan fingerprint density at radius 3 is 2.78 bits per heavy atom. The van der Waals surface area contributed by atoms with Crippen LogP contribution < -0.4 is 9.44 Å². The molecule has 18 heavy (non-hydrogen) atoms. The summed E-state index contributed by atoms with van der Waals surface area (Å²) in [6.45, 7) is 0. The molecule has 1 saturated carbocycles. The molecule has 0 bridgehead atoms. The Kier molecular flexibility index (Phi) is 2.80. The monoisotopic (exact) mass is 285 g/mol. The number of aliphatic imine (C=N–C) groups is 1. The van der Waals surface area contributed by atoms with E-state index in [0.717, 1.165) is 18.4 Å². The molecule has 0 radical (unpaired) electrons. The fourth-order valence-corrected chi connectivity index (χ4v) is 3.11. The first kappa shape index (κ1) is 12.0. The van der Waals surface area contributed by atoms with Crippen LogP contribution in [0.2, 0.25) is 5.02 Å². The summed E-state index contributed by atoms with van der Waals surface area (Å²) in [4.78, 5) is 4.39. The molecule has 5 nitrogen and oxygen atoms in total. The molecule has 1 aromatic carbocycles. The summed E-state index contributed by atoms with van der Waals surface area (Å²) in [6, 6.07) is 6.90. The van der Waals surface area contributed by atoms with E-state index in [-0.39, 0.29) is 6.04 Å². The molecule has 1 aromatic rings. The van der Waals surface area contributed by atoms with Gasteiger partial charge >= 0.3 is 10.2 Å². The van der Waals surface area contributed by atoms with Gasteiger partial charge in [-0.3, -0.25) is 9.71 Å². The first-order valence-electron chi connectivity index (χ1n) is 5.67. The number of nitrogens with one attached hydrogen (secondary N) is 2. The second-order valence-corrected chi connectivity index (χ2v) is 6.34. The summed E-state index contributed by atoms with van der Waals surface area (Å²) < 4.78 is 28.1. The number of amidine groups is 1. The first-order chi connectivity index (χ1) is 8.53. The third-order valence-electron chi connectivity index (χ3n) is 2.84. The normalized spacial score (nSPS) is 28.3. The van der Waals surface area contributed by atoms with Crippen molar-refractivity contribution in [3.63, 3.8) is 0 Å². The van der Waals surface area contributed by atoms with Crippen molar-refractivity contribution in [1.82, 2.24) is 9.44 Å². The highest BCUT2D eigenvalue weighted by Gasteiger charge is 2.35. The third kappa shape index (κ3) is 2.50. The van der Waals surface area contributed by atoms with Gasteiger partial charge in [0.25, 0.3) is 0 Å². The zero-order valence-electron chi connectivity index (χ0n) is 9.43. The van der Waals surface area contributed by atoms with Crippen LogP contribution in [0.3, 0.4) is 0 Å². The number of rotatable bonds is 2. The maximum Gasteiger partial charge on any atom is 0.301 e. The van der Waals surface area contributed by atoms with Gasteiger partial charge < -0.3 is 0 Å². The van der Waals surface area contributed by atoms with Gasteiger partial charge in [0.05, 0.1) is 6.04 Å². The molecule has 1 aliphatic heterocycles. The van der Waals surface area contributed by atoms with Crippen LogP contribution >= 0.6 is 11.6 Å². The van der Waals surface area contributed by atoms with E-state index in [2.05, 4.69) is 14.4 Å². The Hall–Kier alpha value is -1.11. The lowest BCUT2D eigenvalue weighted by atomic mass is 10.1. The van der Waals surface area contributed by atoms with Gasteiger partial charge in [0.15, 0.2) is 0 Å². The molecular weight excluding hydrogens is 274 g/mol. The van der Waals surface area contributed by atoms with Gasteiger partial charge in [-0.15, -0.1) is 0 Å². The smallest absolute Gasteiger partial charge is 0.266 e. The molecule has 2 N–H and O–H groups in total. The van der Waals surface area contributed by atoms with Crippen LogP contribution in [0, 0.1) is 0 Å². The third-order valence-corrected chi connectivity index (χ3v) is 4.09. The molecule has 0 spiro atoms. The molecule has 1 atom stereocenters. The molecule has 1 aliphatic carbocycles. The molecule has 0 aromatic heterocycles. The highest BCUT2D eigenvalue weighted by atomic mass is 35.5. The van der Waals surface area contributed by atoms with E-state index in [1.54, 1.807) is 18.2 Å². The minimum Gasteiger partial charge on any atom is -0.266 e. The van der Waals surface area contributed by atoms with Crippen molar-refractivity contribution in [2.24, 2.45) is 4.99 Å². The van der Waals surface area contributed by atoms with E-state index < -0.39 is 16.3 Å². The van der Waals surface area contributed by atoms with Crippen molar-refractivity contribution in [1.29, 1.82) is 0 Å². The molecular formula is C11H12ClN3O2S. The van der Waals surface area contributed by atoms with Crippen LogP contribution in [0.15, 0.2) is 29.3 Å². The number of nitrogens with zero attached hydrogens (tertiary/aromatic N) is 1. The average Bonchev–Trinajstić information content (AvgIpc) is 3.03. The van der Waals surface area contributed by atoms with E-state index in [9.17, 15) is 8.42 Å². The maximum absolute atomic E-state index is 11.6. The summed E-state index contributed by atoms with van der Waals surface area (Å²) in [6.07, 6.45) is 2.04. The van der Waals surface area contributed by atoms with Crippen molar-refractivity contribution in [3.8, 4) is 0 Å². The average molecular weight is 286 g/mol. The number of benzene rings is 1. The Balaban J connectivity index is 1.98. The van der Waals surface area contributed by atoms with Gasteiger partial charge in [0, 0.05) is 5.02 Å². The Morgan fingerprint density at radius 2 is 2.11 bits per heavy atom. The number of hydrogen-bond acceptors (Lipinski definition) is 3. The van der Waals surface area contributed by atoms with Gasteiger partial charge in [-0.25, -0.2) is 0 Å². The standard InChI is InChI=1S/C11H12ClN3O2S/c12-8-3-1-2-7(6-8)10-11(13-9-4-5-9)15-18(16,17)14-10/h1-3,6,9-10,14H,4-5H2,(H,13,15)/t10-/m1/s1. The van der Waals surface area contributed by atoms with E-state index in [1.165, 1.54) is 0 Å². The van der Waals surface area contributed by atoms with Crippen LogP contribution in [0.5, 0.6) is 0 Å². The molecule has 7 heteroatoms. The highest BCUT2D eigenvalue weighted by molar-refractivity contribution is 7.88. The highest BCUT2D eigenvalue weighted by Crippen LogP contribution is 2.28. The zero-order chi connectivity index (χ0) is 12.8. The minimum atomic E-state index is -3.50. The van der Waals surface area contributed by atoms with E-state index in [0.29, 0.717) is 10.9 Å². The van der Waals surface area contributed by atoms with Crippen LogP contribution in [0.4, 0.5) is 0 Å². The van der Waals surface area contributed by atoms with Gasteiger partial charge in [-0.1, -0.05) is 23.7 Å². The second kappa shape index (κ2) is 4.22. The van der Waals surface area contributed by atoms with Crippen molar-refractivity contribution in [2.75, 3.05) is 0 Å². The summed E-state index contributed by atoms with van der Waals surface area (Å²) in [5.41, 5.74) is 0.787. The van der Waals surface area contributed by atoms with E-state index >= 15 is 0 Å². The zero-order valence-corrected chi connectivity index (χ0v) is 11.0. The first-order valence-corrected chi connectivity index (χ1v) is 7.53. The number of halogens is 1. The maximum atomic E-state index is 11.6. The van der Waals surface area contributed by atoms with E-state index in [1.807, 2.05) is 6.07 Å². The van der Waals surface area contributed by atoms with Crippen molar-refractivity contribution >= 4 is 27.6 Å². The molecule has 2 aliphatic rings. The van der Waals surface area contributed by atoms with Crippen LogP contribution in [0.1, 0.15) is 24.4 Å². The van der Waals surface area contributed by atoms with Crippen LogP contribution in [-0.4, -0.2) is 20.3 Å². The van der Waals surface area contributed by atoms with Crippen molar-refractivity contribution in [2.45, 2.75) is 24.9 Å². The molecule has 96 valence electrons. The summed E-state index contributed by atoms with van der Waals surface area (Å²) in [5.74, 6) is 0.458. The second-order valence-electron chi connectivity index (χ2n) is 4.46. The van der Waals surface area contributed by atoms with Gasteiger partial charge in [0.1, 0.15) is 11.9 Å². The van der Waals surface area contributed by atoms with Crippen molar-refractivity contribution < 1.29 is 8.42 Å². The minimum absolute atomic E-state index is 0.254. The Bertz CT molecular complexity index is 610. The fraction of sp³-hybridized carbons (Fsp3) is 0.364. The number of hydrogen-bond donors (Lipinski definition) is 2. The molecule has 2 fully saturated rings.